The van der Waals surface area contributed by atoms with Crippen LogP contribution in [0.2, 0.25) is 0 Å². The summed E-state index contributed by atoms with van der Waals surface area (Å²) in [7, 11) is -3.75. The van der Waals surface area contributed by atoms with Crippen LogP contribution >= 0.6 is 0 Å². The number of hydrogen-bond acceptors (Lipinski definition) is 4. The molecule has 0 saturated carbocycles. The molecular formula is C18H23N3O3S. The molecule has 6 nitrogen and oxygen atoms in total. The summed E-state index contributed by atoms with van der Waals surface area (Å²) in [4.78, 5) is 12.3. The number of benzene rings is 2. The number of amides is 1. The number of carbonyl (C=O) groups excluding carboxylic acids is 1. The summed E-state index contributed by atoms with van der Waals surface area (Å²) in [6.45, 7) is 3.60. The quantitative estimate of drug-likeness (QED) is 0.705. The van der Waals surface area contributed by atoms with Gasteiger partial charge in [0.2, 0.25) is 5.91 Å². The fourth-order valence-corrected chi connectivity index (χ4v) is 3.47. The minimum absolute atomic E-state index is 0.0587. The molecule has 0 bridgehead atoms. The van der Waals surface area contributed by atoms with Crippen LogP contribution < -0.4 is 15.8 Å². The van der Waals surface area contributed by atoms with E-state index in [2.05, 4.69) is 10.0 Å². The molecule has 0 fully saturated rings. The van der Waals surface area contributed by atoms with Gasteiger partial charge in [-0.3, -0.25) is 9.52 Å². The van der Waals surface area contributed by atoms with Gasteiger partial charge in [0.05, 0.1) is 10.4 Å². The molecule has 134 valence electrons. The first-order valence-electron chi connectivity index (χ1n) is 8.03. The normalized spacial score (nSPS) is 13.7. The van der Waals surface area contributed by atoms with Crippen molar-refractivity contribution in [3.8, 4) is 0 Å². The maximum absolute atomic E-state index is 12.5. The standard InChI is InChI=1S/C18H23N3O3S/c1-3-12-18(2,19)17(22)20-15-10-7-11-16(13-15)25(23,24)21-14-8-5-4-6-9-14/h4-11,13,21H,3,12,19H2,1-2H3,(H,20,22). The summed E-state index contributed by atoms with van der Waals surface area (Å²) in [5.41, 5.74) is 5.84. The zero-order valence-corrected chi connectivity index (χ0v) is 15.1. The van der Waals surface area contributed by atoms with Crippen LogP contribution in [0.3, 0.4) is 0 Å². The van der Waals surface area contributed by atoms with Crippen LogP contribution in [0.15, 0.2) is 59.5 Å². The van der Waals surface area contributed by atoms with Crippen LogP contribution in [0.4, 0.5) is 11.4 Å². The number of carbonyl (C=O) groups is 1. The van der Waals surface area contributed by atoms with Gasteiger partial charge in [-0.25, -0.2) is 8.42 Å². The Labute approximate surface area is 148 Å². The molecule has 0 aliphatic heterocycles. The lowest BCUT2D eigenvalue weighted by Crippen LogP contribution is -2.48. The molecule has 0 saturated heterocycles. The molecule has 2 aromatic rings. The van der Waals surface area contributed by atoms with Crippen molar-refractivity contribution >= 4 is 27.3 Å². The van der Waals surface area contributed by atoms with E-state index in [0.29, 0.717) is 17.8 Å². The van der Waals surface area contributed by atoms with Crippen molar-refractivity contribution in [2.75, 3.05) is 10.0 Å². The van der Waals surface area contributed by atoms with E-state index in [1.807, 2.05) is 6.92 Å². The molecule has 7 heteroatoms. The minimum atomic E-state index is -3.75. The van der Waals surface area contributed by atoms with Gasteiger partial charge < -0.3 is 11.1 Å². The Kier molecular flexibility index (Phi) is 5.81. The summed E-state index contributed by atoms with van der Waals surface area (Å²) >= 11 is 0. The third kappa shape index (κ3) is 5.04. The van der Waals surface area contributed by atoms with Crippen molar-refractivity contribution in [1.82, 2.24) is 0 Å². The maximum Gasteiger partial charge on any atom is 0.261 e. The van der Waals surface area contributed by atoms with Crippen LogP contribution in [-0.2, 0) is 14.8 Å². The molecule has 0 spiro atoms. The molecule has 1 atom stereocenters. The van der Waals surface area contributed by atoms with Crippen molar-refractivity contribution in [3.05, 3.63) is 54.6 Å². The largest absolute Gasteiger partial charge is 0.324 e. The van der Waals surface area contributed by atoms with Crippen molar-refractivity contribution in [3.63, 3.8) is 0 Å². The monoisotopic (exact) mass is 361 g/mol. The second-order valence-corrected chi connectivity index (χ2v) is 7.80. The van der Waals surface area contributed by atoms with Gasteiger partial charge in [0.15, 0.2) is 0 Å². The van der Waals surface area contributed by atoms with Crippen molar-refractivity contribution in [2.24, 2.45) is 5.73 Å². The van der Waals surface area contributed by atoms with Gasteiger partial charge in [0, 0.05) is 11.4 Å². The Bertz CT molecular complexity index is 834. The summed E-state index contributed by atoms with van der Waals surface area (Å²) in [5, 5.41) is 2.69. The smallest absolute Gasteiger partial charge is 0.261 e. The molecule has 1 amide bonds. The average Bonchev–Trinajstić information content (AvgIpc) is 2.55. The van der Waals surface area contributed by atoms with Crippen LogP contribution in [0, 0.1) is 0 Å². The molecule has 1 unspecified atom stereocenters. The fraction of sp³-hybridized carbons (Fsp3) is 0.278. The molecule has 0 radical (unpaired) electrons. The second-order valence-electron chi connectivity index (χ2n) is 6.12. The van der Waals surface area contributed by atoms with Gasteiger partial charge in [-0.15, -0.1) is 0 Å². The first-order valence-corrected chi connectivity index (χ1v) is 9.51. The highest BCUT2D eigenvalue weighted by Gasteiger charge is 2.27. The molecule has 0 aliphatic rings. The van der Waals surface area contributed by atoms with Crippen LogP contribution in [0.1, 0.15) is 26.7 Å². The highest BCUT2D eigenvalue weighted by Crippen LogP contribution is 2.20. The zero-order valence-electron chi connectivity index (χ0n) is 14.3. The Hall–Kier alpha value is -2.38. The summed E-state index contributed by atoms with van der Waals surface area (Å²) in [6.07, 6.45) is 1.31. The first-order chi connectivity index (χ1) is 11.7. The molecule has 2 rings (SSSR count). The first kappa shape index (κ1) is 19.0. The van der Waals surface area contributed by atoms with Crippen LogP contribution in [0.5, 0.6) is 0 Å². The summed E-state index contributed by atoms with van der Waals surface area (Å²) in [6, 6.07) is 14.7. The van der Waals surface area contributed by atoms with E-state index >= 15 is 0 Å². The third-order valence-corrected chi connectivity index (χ3v) is 5.10. The van der Waals surface area contributed by atoms with Crippen molar-refractivity contribution in [2.45, 2.75) is 37.1 Å². The van der Waals surface area contributed by atoms with E-state index in [0.717, 1.165) is 6.42 Å². The van der Waals surface area contributed by atoms with Crippen LogP contribution in [0.25, 0.3) is 0 Å². The van der Waals surface area contributed by atoms with E-state index in [1.54, 1.807) is 49.4 Å². The summed E-state index contributed by atoms with van der Waals surface area (Å²) < 4.78 is 27.5. The van der Waals surface area contributed by atoms with E-state index < -0.39 is 15.6 Å². The lowest BCUT2D eigenvalue weighted by Gasteiger charge is -2.23. The fourth-order valence-electron chi connectivity index (χ4n) is 2.37. The highest BCUT2D eigenvalue weighted by atomic mass is 32.2. The summed E-state index contributed by atoms with van der Waals surface area (Å²) in [5.74, 6) is -0.347. The topological polar surface area (TPSA) is 101 Å². The number of nitrogens with one attached hydrogen (secondary N) is 2. The number of rotatable bonds is 7. The van der Waals surface area contributed by atoms with E-state index in [1.165, 1.54) is 12.1 Å². The van der Waals surface area contributed by atoms with E-state index in [-0.39, 0.29) is 10.8 Å². The number of hydrogen-bond donors (Lipinski definition) is 3. The van der Waals surface area contributed by atoms with Crippen LogP contribution in [-0.4, -0.2) is 19.9 Å². The zero-order chi connectivity index (χ0) is 18.5. The Morgan fingerprint density at radius 1 is 1.08 bits per heavy atom. The van der Waals surface area contributed by atoms with Crippen molar-refractivity contribution in [1.29, 1.82) is 0 Å². The number of nitrogens with two attached hydrogens (primary N) is 1. The van der Waals surface area contributed by atoms with Gasteiger partial charge in [0.1, 0.15) is 0 Å². The van der Waals surface area contributed by atoms with Gasteiger partial charge >= 0.3 is 0 Å². The van der Waals surface area contributed by atoms with Gasteiger partial charge in [-0.05, 0) is 43.7 Å². The molecule has 0 heterocycles. The number of anilines is 2. The average molecular weight is 361 g/mol. The molecule has 25 heavy (non-hydrogen) atoms. The number of sulfonamides is 1. The van der Waals surface area contributed by atoms with Gasteiger partial charge in [0.25, 0.3) is 10.0 Å². The van der Waals surface area contributed by atoms with E-state index in [9.17, 15) is 13.2 Å². The van der Waals surface area contributed by atoms with E-state index in [4.69, 9.17) is 5.73 Å². The third-order valence-electron chi connectivity index (χ3n) is 3.72. The maximum atomic E-state index is 12.5. The minimum Gasteiger partial charge on any atom is -0.324 e. The SMILES string of the molecule is CCCC(C)(N)C(=O)Nc1cccc(S(=O)(=O)Nc2ccccc2)c1. The molecule has 2 aromatic carbocycles. The lowest BCUT2D eigenvalue weighted by molar-refractivity contribution is -0.120. The molecular weight excluding hydrogens is 338 g/mol. The van der Waals surface area contributed by atoms with Gasteiger partial charge in [-0.2, -0.15) is 0 Å². The predicted octanol–water partition coefficient (Wildman–Crippen LogP) is 2.94. The predicted molar refractivity (Wildman–Crippen MR) is 99.8 cm³/mol. The Balaban J connectivity index is 2.19. The van der Waals surface area contributed by atoms with Crippen molar-refractivity contribution < 1.29 is 13.2 Å². The van der Waals surface area contributed by atoms with Gasteiger partial charge in [-0.1, -0.05) is 37.6 Å². The molecule has 4 N–H and O–H groups in total. The molecule has 0 aromatic heterocycles. The number of para-hydroxylation sites is 1. The Morgan fingerprint density at radius 3 is 2.36 bits per heavy atom. The Morgan fingerprint density at radius 2 is 1.72 bits per heavy atom. The molecule has 0 aliphatic carbocycles. The lowest BCUT2D eigenvalue weighted by atomic mass is 9.96. The second kappa shape index (κ2) is 7.67. The highest BCUT2D eigenvalue weighted by molar-refractivity contribution is 7.92.